The molecule has 3 saturated heterocycles. The van der Waals surface area contributed by atoms with Crippen LogP contribution in [-0.4, -0.2) is 49.1 Å². The predicted molar refractivity (Wildman–Crippen MR) is 112 cm³/mol. The van der Waals surface area contributed by atoms with Gasteiger partial charge in [-0.1, -0.05) is 36.4 Å². The maximum Gasteiger partial charge on any atom is 0.220 e. The molecule has 3 fully saturated rings. The van der Waals surface area contributed by atoms with E-state index in [-0.39, 0.29) is 17.8 Å². The van der Waals surface area contributed by atoms with Gasteiger partial charge in [0.15, 0.2) is 5.78 Å². The van der Waals surface area contributed by atoms with Crippen LogP contribution in [0.5, 0.6) is 5.75 Å². The molecule has 7 heteroatoms. The topological polar surface area (TPSA) is 72.9 Å². The Kier molecular flexibility index (Phi) is 4.54. The summed E-state index contributed by atoms with van der Waals surface area (Å²) >= 11 is 0. The number of fused-ring (bicyclic) bond motifs is 1. The Hall–Kier alpha value is -2.22. The fourth-order valence-electron chi connectivity index (χ4n) is 5.36. The first-order chi connectivity index (χ1) is 14.3. The highest BCUT2D eigenvalue weighted by atomic mass is 32.2. The monoisotopic (exact) mass is 427 g/mol. The second-order valence-electron chi connectivity index (χ2n) is 8.60. The highest BCUT2D eigenvalue weighted by Crippen LogP contribution is 2.57. The number of sulfonamides is 1. The average molecular weight is 428 g/mol. The molecule has 30 heavy (non-hydrogen) atoms. The van der Waals surface area contributed by atoms with Gasteiger partial charge in [0.05, 0.1) is 13.2 Å². The number of benzene rings is 2. The Morgan fingerprint density at radius 3 is 2.70 bits per heavy atom. The zero-order valence-corrected chi connectivity index (χ0v) is 17.9. The number of Topliss-reactive ketones (excluding diaryl/α,β-unsaturated/α-hetero) is 1. The molecule has 3 heterocycles. The lowest BCUT2D eigenvalue weighted by atomic mass is 9.77. The number of hydrogen-bond donors (Lipinski definition) is 0. The van der Waals surface area contributed by atoms with Gasteiger partial charge < -0.3 is 9.47 Å². The Labute approximate surface area is 176 Å². The minimum atomic E-state index is -3.42. The molecule has 0 saturated carbocycles. The molecule has 2 aromatic carbocycles. The van der Waals surface area contributed by atoms with Crippen LogP contribution in [-0.2, 0) is 21.3 Å². The van der Waals surface area contributed by atoms with Crippen molar-refractivity contribution in [2.45, 2.75) is 49.2 Å². The van der Waals surface area contributed by atoms with Gasteiger partial charge in [-0.3, -0.25) is 4.79 Å². The van der Waals surface area contributed by atoms with Crippen molar-refractivity contribution in [3.05, 3.63) is 65.2 Å². The van der Waals surface area contributed by atoms with Crippen molar-refractivity contribution in [3.63, 3.8) is 0 Å². The van der Waals surface area contributed by atoms with E-state index < -0.39 is 20.9 Å². The minimum absolute atomic E-state index is 0.0412. The van der Waals surface area contributed by atoms with Gasteiger partial charge in [-0.15, -0.1) is 0 Å². The minimum Gasteiger partial charge on any atom is -0.497 e. The van der Waals surface area contributed by atoms with Crippen LogP contribution in [0.25, 0.3) is 0 Å². The normalized spacial score (nSPS) is 31.6. The Morgan fingerprint density at radius 2 is 2.00 bits per heavy atom. The van der Waals surface area contributed by atoms with Gasteiger partial charge >= 0.3 is 0 Å². The van der Waals surface area contributed by atoms with Gasteiger partial charge in [-0.05, 0) is 43.0 Å². The van der Waals surface area contributed by atoms with Crippen LogP contribution in [0, 0.1) is 0 Å². The Balaban J connectivity index is 1.38. The molecule has 1 spiro atoms. The lowest BCUT2D eigenvalue weighted by Gasteiger charge is -2.26. The van der Waals surface area contributed by atoms with Gasteiger partial charge in [0.25, 0.3) is 0 Å². The summed E-state index contributed by atoms with van der Waals surface area (Å²) in [4.78, 5) is 11.5. The summed E-state index contributed by atoms with van der Waals surface area (Å²) in [5, 5.41) is -0.478. The second kappa shape index (κ2) is 6.90. The lowest BCUT2D eigenvalue weighted by molar-refractivity contribution is 0.0108. The first-order valence-corrected chi connectivity index (χ1v) is 11.7. The van der Waals surface area contributed by atoms with Crippen molar-refractivity contribution in [2.24, 2.45) is 0 Å². The summed E-state index contributed by atoms with van der Waals surface area (Å²) in [7, 11) is -1.82. The maximum absolute atomic E-state index is 13.3. The van der Waals surface area contributed by atoms with Gasteiger partial charge in [-0.2, -0.15) is 4.31 Å². The van der Waals surface area contributed by atoms with E-state index in [0.717, 1.165) is 11.1 Å². The van der Waals surface area contributed by atoms with Crippen LogP contribution in [0.3, 0.4) is 0 Å². The summed E-state index contributed by atoms with van der Waals surface area (Å²) in [6, 6.07) is 15.2. The average Bonchev–Trinajstić information content (AvgIpc) is 3.35. The van der Waals surface area contributed by atoms with E-state index in [0.29, 0.717) is 37.2 Å². The third-order valence-corrected chi connectivity index (χ3v) is 9.15. The smallest absolute Gasteiger partial charge is 0.220 e. The van der Waals surface area contributed by atoms with Crippen molar-refractivity contribution in [1.29, 1.82) is 0 Å². The van der Waals surface area contributed by atoms with Crippen molar-refractivity contribution in [1.82, 2.24) is 4.31 Å². The number of methoxy groups -OCH3 is 1. The van der Waals surface area contributed by atoms with Crippen LogP contribution in [0.2, 0.25) is 0 Å². The van der Waals surface area contributed by atoms with Crippen LogP contribution < -0.4 is 4.74 Å². The molecule has 0 unspecified atom stereocenters. The zero-order valence-electron chi connectivity index (χ0n) is 17.1. The highest BCUT2D eigenvalue weighted by Gasteiger charge is 2.68. The molecular weight excluding hydrogens is 402 g/mol. The third-order valence-electron chi connectivity index (χ3n) is 6.84. The molecule has 5 rings (SSSR count). The van der Waals surface area contributed by atoms with Crippen LogP contribution in [0.15, 0.2) is 48.5 Å². The number of carbonyl (C=O) groups is 1. The van der Waals surface area contributed by atoms with E-state index in [9.17, 15) is 13.2 Å². The summed E-state index contributed by atoms with van der Waals surface area (Å²) in [5.41, 5.74) is 2.06. The molecule has 4 atom stereocenters. The van der Waals surface area contributed by atoms with E-state index in [2.05, 4.69) is 0 Å². The first-order valence-electron chi connectivity index (χ1n) is 10.2. The Morgan fingerprint density at radius 1 is 1.23 bits per heavy atom. The van der Waals surface area contributed by atoms with E-state index in [1.54, 1.807) is 18.3 Å². The predicted octanol–water partition coefficient (Wildman–Crippen LogP) is 3.13. The number of rotatable bonds is 5. The van der Waals surface area contributed by atoms with Gasteiger partial charge in [-0.25, -0.2) is 8.42 Å². The number of nitrogens with zero attached hydrogens (tertiary/aromatic N) is 1. The van der Waals surface area contributed by atoms with Gasteiger partial charge in [0.2, 0.25) is 10.0 Å². The molecule has 0 amide bonds. The second-order valence-corrected chi connectivity index (χ2v) is 10.7. The summed E-state index contributed by atoms with van der Waals surface area (Å²) in [6.45, 7) is 2.26. The van der Waals surface area contributed by atoms with Gasteiger partial charge in [0.1, 0.15) is 16.6 Å². The SMILES string of the molecule is COc1cccc(CN2C[C@@]34C[C@@H](c5ccc(C(C)=O)cc5)[C@@H](C[C@@H]3S2(=O)=O)O4)c1. The molecule has 6 nitrogen and oxygen atoms in total. The van der Waals surface area contributed by atoms with E-state index in [4.69, 9.17) is 9.47 Å². The van der Waals surface area contributed by atoms with Crippen molar-refractivity contribution >= 4 is 15.8 Å². The molecule has 0 N–H and O–H groups in total. The number of carbonyl (C=O) groups excluding carboxylic acids is 1. The molecule has 0 aromatic heterocycles. The number of ketones is 1. The molecule has 0 aliphatic carbocycles. The molecule has 2 bridgehead atoms. The summed E-state index contributed by atoms with van der Waals surface area (Å²) in [6.07, 6.45) is 1.12. The Bertz CT molecular complexity index is 1100. The quantitative estimate of drug-likeness (QED) is 0.686. The van der Waals surface area contributed by atoms with Crippen LogP contribution >= 0.6 is 0 Å². The largest absolute Gasteiger partial charge is 0.497 e. The zero-order chi connectivity index (χ0) is 21.1. The molecule has 3 aliphatic heterocycles. The van der Waals surface area contributed by atoms with E-state index >= 15 is 0 Å². The molecule has 2 aromatic rings. The third kappa shape index (κ3) is 2.99. The van der Waals surface area contributed by atoms with Gasteiger partial charge in [0, 0.05) is 24.6 Å². The standard InChI is InChI=1S/C23H25NO5S/c1-15(25)17-6-8-18(9-7-17)20-12-23-14-24(13-16-4-3-5-19(10-16)28-2)30(26,27)22(23)11-21(20)29-23/h3-10,20-22H,11-14H2,1-2H3/t20-,21+,22-,23-/m0/s1. The first kappa shape index (κ1) is 19.7. The molecule has 0 radical (unpaired) electrons. The molecule has 3 aliphatic rings. The van der Waals surface area contributed by atoms with E-state index in [1.807, 2.05) is 48.5 Å². The maximum atomic E-state index is 13.3. The number of hydrogen-bond acceptors (Lipinski definition) is 5. The molecular formula is C23H25NO5S. The van der Waals surface area contributed by atoms with Crippen LogP contribution in [0.4, 0.5) is 0 Å². The summed E-state index contributed by atoms with van der Waals surface area (Å²) < 4.78 is 39.7. The van der Waals surface area contributed by atoms with Crippen molar-refractivity contribution in [3.8, 4) is 5.75 Å². The lowest BCUT2D eigenvalue weighted by Crippen LogP contribution is -2.39. The highest BCUT2D eigenvalue weighted by molar-refractivity contribution is 7.90. The fraction of sp³-hybridized carbons (Fsp3) is 0.435. The fourth-order valence-corrected chi connectivity index (χ4v) is 7.65. The van der Waals surface area contributed by atoms with E-state index in [1.165, 1.54) is 0 Å². The van der Waals surface area contributed by atoms with Crippen LogP contribution in [0.1, 0.15) is 47.2 Å². The molecule has 158 valence electrons. The van der Waals surface area contributed by atoms with Crippen molar-refractivity contribution in [2.75, 3.05) is 13.7 Å². The van der Waals surface area contributed by atoms with Crippen molar-refractivity contribution < 1.29 is 22.7 Å². The number of ether oxygens (including phenoxy) is 2. The summed E-state index contributed by atoms with van der Waals surface area (Å²) in [5.74, 6) is 0.919.